The highest BCUT2D eigenvalue weighted by atomic mass is 32.2. The number of carbonyl (C=O) groups excluding carboxylic acids is 4. The number of nitrogens with one attached hydrogen (secondary N) is 1. The lowest BCUT2D eigenvalue weighted by Crippen LogP contribution is -2.47. The fraction of sp³-hybridized carbons (Fsp3) is 0.660. The van der Waals surface area contributed by atoms with Crippen molar-refractivity contribution in [3.05, 3.63) is 40.9 Å². The number of imidazole rings is 1. The van der Waals surface area contributed by atoms with Crippen LogP contribution in [0.5, 0.6) is 6.01 Å². The van der Waals surface area contributed by atoms with E-state index in [-0.39, 0.29) is 54.9 Å². The summed E-state index contributed by atoms with van der Waals surface area (Å²) in [6, 6.07) is 5.33. The van der Waals surface area contributed by atoms with Gasteiger partial charge in [0.05, 0.1) is 40.4 Å². The van der Waals surface area contributed by atoms with Crippen molar-refractivity contribution >= 4 is 56.0 Å². The van der Waals surface area contributed by atoms with Gasteiger partial charge in [-0.05, 0) is 105 Å². The smallest absolute Gasteiger partial charge is 0.307 e. The van der Waals surface area contributed by atoms with Crippen LogP contribution in [-0.4, -0.2) is 80.5 Å². The summed E-state index contributed by atoms with van der Waals surface area (Å²) in [5.41, 5.74) is 1.38. The predicted molar refractivity (Wildman–Crippen MR) is 240 cm³/mol. The summed E-state index contributed by atoms with van der Waals surface area (Å²) in [7, 11) is -3.96. The number of nitrogens with zero attached hydrogens (tertiary/aromatic N) is 4. The summed E-state index contributed by atoms with van der Waals surface area (Å²) in [4.78, 5) is 69.9. The zero-order chi connectivity index (χ0) is 45.2. The monoisotopic (exact) mass is 891 g/mol. The lowest BCUT2D eigenvalue weighted by Gasteiger charge is -2.29. The van der Waals surface area contributed by atoms with Gasteiger partial charge in [0.15, 0.2) is 5.78 Å². The van der Waals surface area contributed by atoms with Crippen molar-refractivity contribution in [2.75, 3.05) is 6.54 Å². The maximum atomic E-state index is 14.9. The molecule has 62 heavy (non-hydrogen) atoms. The molecule has 0 unspecified atom stereocenters. The Morgan fingerprint density at radius 3 is 2.42 bits per heavy atom. The lowest BCUT2D eigenvalue weighted by molar-refractivity contribution is -0.159. The van der Waals surface area contributed by atoms with Crippen LogP contribution in [0, 0.1) is 24.2 Å². The van der Waals surface area contributed by atoms with E-state index in [2.05, 4.69) is 32.4 Å². The molecule has 5 atom stereocenters. The number of hydrogen-bond acceptors (Lipinski definition) is 11. The number of sulfonamides is 1. The first-order valence-electron chi connectivity index (χ1n) is 22.4. The molecular weight excluding hydrogens is 827 g/mol. The third-order valence-corrected chi connectivity index (χ3v) is 16.2. The number of aromatic nitrogens is 3. The van der Waals surface area contributed by atoms with E-state index in [0.717, 1.165) is 51.4 Å². The van der Waals surface area contributed by atoms with Gasteiger partial charge in [0.2, 0.25) is 21.8 Å². The van der Waals surface area contributed by atoms with E-state index in [1.54, 1.807) is 43.9 Å². The largest absolute Gasteiger partial charge is 0.460 e. The minimum absolute atomic E-state index is 0.0596. The number of ether oxygens (including phenoxy) is 2. The molecule has 13 nitrogen and oxygen atoms in total. The van der Waals surface area contributed by atoms with Gasteiger partial charge in [-0.2, -0.15) is 4.98 Å². The van der Waals surface area contributed by atoms with Gasteiger partial charge in [-0.3, -0.25) is 28.5 Å². The molecule has 0 bridgehead atoms. The second-order valence-electron chi connectivity index (χ2n) is 20.7. The van der Waals surface area contributed by atoms with E-state index >= 15 is 0 Å². The molecular formula is C47H65N5O8S2. The fourth-order valence-electron chi connectivity index (χ4n) is 9.21. The molecule has 0 spiro atoms. The van der Waals surface area contributed by atoms with Gasteiger partial charge < -0.3 is 14.4 Å². The van der Waals surface area contributed by atoms with Crippen LogP contribution in [0.25, 0.3) is 21.6 Å². The molecule has 2 aliphatic heterocycles. The van der Waals surface area contributed by atoms with E-state index in [4.69, 9.17) is 19.4 Å². The Labute approximate surface area is 370 Å². The Bertz CT molecular complexity index is 2380. The normalized spacial score (nSPS) is 26.3. The second-order valence-corrected chi connectivity index (χ2v) is 24.1. The van der Waals surface area contributed by atoms with Crippen LogP contribution in [0.15, 0.2) is 30.4 Å². The zero-order valence-corrected chi connectivity index (χ0v) is 39.8. The SMILES string of the molecule is Cc1sc(-c2cccc3c2nc(O[C@@H]2C[C@H]4C(=O)C[C@]5(C(=O)NS(=O)(=O)C6(C)CC6)C[C@@H]5/C=C\CCCCC[C@H](CC(=O)OC(C)(C)C)C(=O)N4C2)n3C(C)C)nc1C(C)(C)C. The number of amides is 2. The van der Waals surface area contributed by atoms with Crippen LogP contribution in [-0.2, 0) is 39.4 Å². The molecule has 1 N–H and O–H groups in total. The van der Waals surface area contributed by atoms with Gasteiger partial charge in [-0.25, -0.2) is 13.4 Å². The molecule has 1 saturated heterocycles. The Kier molecular flexibility index (Phi) is 12.4. The van der Waals surface area contributed by atoms with Gasteiger partial charge in [0.25, 0.3) is 6.01 Å². The summed E-state index contributed by atoms with van der Waals surface area (Å²) >= 11 is 1.63. The molecule has 338 valence electrons. The average molecular weight is 892 g/mol. The predicted octanol–water partition coefficient (Wildman–Crippen LogP) is 8.53. The molecule has 4 aliphatic rings. The number of carbonyl (C=O) groups is 4. The minimum Gasteiger partial charge on any atom is -0.460 e. The quantitative estimate of drug-likeness (QED) is 0.163. The van der Waals surface area contributed by atoms with E-state index in [0.29, 0.717) is 38.1 Å². The van der Waals surface area contributed by atoms with Gasteiger partial charge in [0, 0.05) is 40.7 Å². The van der Waals surface area contributed by atoms with Crippen LogP contribution in [0.4, 0.5) is 0 Å². The molecule has 3 aromatic rings. The van der Waals surface area contributed by atoms with Crippen molar-refractivity contribution in [1.82, 2.24) is 24.2 Å². The topological polar surface area (TPSA) is 167 Å². The fourth-order valence-corrected chi connectivity index (χ4v) is 11.7. The third-order valence-electron chi connectivity index (χ3n) is 13.0. The number of fused-ring (bicyclic) bond motifs is 3. The summed E-state index contributed by atoms with van der Waals surface area (Å²) in [6.07, 6.45) is 7.84. The molecule has 2 amide bonds. The van der Waals surface area contributed by atoms with Crippen molar-refractivity contribution in [3.8, 4) is 16.6 Å². The van der Waals surface area contributed by atoms with Crippen molar-refractivity contribution < 1.29 is 37.1 Å². The number of aryl methyl sites for hydroxylation is 1. The summed E-state index contributed by atoms with van der Waals surface area (Å²) in [6.45, 7) is 19.7. The number of ketones is 1. The number of allylic oxidation sites excluding steroid dienone is 2. The highest BCUT2D eigenvalue weighted by Crippen LogP contribution is 2.58. The standard InChI is InChI=1S/C47H65N5O8S2/c1-28(2)52-34-20-16-19-33(40-49-39(29(3)61-40)44(4,5)6)38(34)48-43(52)59-32-24-35-36(53)26-47(42(56)50-62(57,58)46(10)21-22-46)25-31(47)18-15-13-11-12-14-17-30(41(55)51(35)27-32)23-37(54)60-45(7,8)9/h15-16,18-20,28,30-32,35H,11-14,17,21-27H2,1-10H3,(H,50,56)/b18-15-/t30-,31+,32-,35+,47-/m1/s1. The summed E-state index contributed by atoms with van der Waals surface area (Å²) < 4.78 is 42.5. The molecule has 2 aromatic heterocycles. The maximum absolute atomic E-state index is 14.9. The molecule has 7 rings (SSSR count). The van der Waals surface area contributed by atoms with E-state index in [1.165, 1.54) is 0 Å². The molecule has 2 saturated carbocycles. The number of esters is 1. The molecule has 2 aliphatic carbocycles. The number of hydrogen-bond donors (Lipinski definition) is 1. The van der Waals surface area contributed by atoms with Crippen LogP contribution in [0.1, 0.15) is 150 Å². The highest BCUT2D eigenvalue weighted by Gasteiger charge is 2.62. The van der Waals surface area contributed by atoms with E-state index in [1.807, 2.05) is 48.8 Å². The number of rotatable bonds is 9. The van der Waals surface area contributed by atoms with E-state index in [9.17, 15) is 27.6 Å². The van der Waals surface area contributed by atoms with Gasteiger partial charge >= 0.3 is 5.97 Å². The molecule has 0 radical (unpaired) electrons. The second kappa shape index (κ2) is 16.8. The minimum atomic E-state index is -3.96. The highest BCUT2D eigenvalue weighted by molar-refractivity contribution is 7.91. The Hall–Kier alpha value is -4.11. The van der Waals surface area contributed by atoms with Crippen molar-refractivity contribution in [2.24, 2.45) is 17.3 Å². The van der Waals surface area contributed by atoms with Crippen LogP contribution >= 0.6 is 11.3 Å². The zero-order valence-electron chi connectivity index (χ0n) is 38.1. The van der Waals surface area contributed by atoms with Crippen molar-refractivity contribution in [2.45, 2.75) is 174 Å². The van der Waals surface area contributed by atoms with Crippen molar-refractivity contribution in [1.29, 1.82) is 0 Å². The molecule has 15 heteroatoms. The summed E-state index contributed by atoms with van der Waals surface area (Å²) in [5.74, 6) is -2.90. The van der Waals surface area contributed by atoms with Crippen molar-refractivity contribution in [3.63, 3.8) is 0 Å². The first-order valence-corrected chi connectivity index (χ1v) is 24.7. The lowest BCUT2D eigenvalue weighted by atomic mass is 9.90. The summed E-state index contributed by atoms with van der Waals surface area (Å²) in [5, 5.41) is 0.863. The third kappa shape index (κ3) is 9.39. The Morgan fingerprint density at radius 2 is 1.77 bits per heavy atom. The molecule has 1 aromatic carbocycles. The number of benzene rings is 1. The average Bonchev–Trinajstić information content (AvgIpc) is 3.88. The van der Waals surface area contributed by atoms with Gasteiger partial charge in [0.1, 0.15) is 22.2 Å². The first-order chi connectivity index (χ1) is 28.9. The Morgan fingerprint density at radius 1 is 1.05 bits per heavy atom. The maximum Gasteiger partial charge on any atom is 0.307 e. The van der Waals surface area contributed by atoms with Crippen LogP contribution in [0.3, 0.4) is 0 Å². The van der Waals surface area contributed by atoms with Gasteiger partial charge in [-0.15, -0.1) is 11.3 Å². The van der Waals surface area contributed by atoms with Crippen LogP contribution < -0.4 is 9.46 Å². The molecule has 4 heterocycles. The van der Waals surface area contributed by atoms with Crippen LogP contribution in [0.2, 0.25) is 0 Å². The number of Topliss-reactive ketones (excluding diaryl/α,β-unsaturated/α-hetero) is 1. The number of thiazole rings is 1. The van der Waals surface area contributed by atoms with Gasteiger partial charge in [-0.1, -0.05) is 51.8 Å². The Balaban J connectivity index is 1.23. The van der Waals surface area contributed by atoms with E-state index < -0.39 is 55.7 Å². The first kappa shape index (κ1) is 45.9. The molecule has 3 fully saturated rings. The number of para-hydroxylation sites is 1.